The number of aromatic nitrogens is 1. The van der Waals surface area contributed by atoms with Crippen LogP contribution in [0.2, 0.25) is 0 Å². The van der Waals surface area contributed by atoms with Gasteiger partial charge in [-0.25, -0.2) is 9.59 Å². The van der Waals surface area contributed by atoms with Gasteiger partial charge in [-0.1, -0.05) is 0 Å². The van der Waals surface area contributed by atoms with Gasteiger partial charge >= 0.3 is 11.7 Å². The first-order valence-corrected chi connectivity index (χ1v) is 4.06. The third-order valence-corrected chi connectivity index (χ3v) is 1.99. The standard InChI is InChI=1S/C9H7NO5/c1-14-5-3-2-4(8(11)12)7-6(5)10-9(13)15-7/h2-3H,1H3,(H,10,13)(H,11,12). The van der Waals surface area contributed by atoms with Gasteiger partial charge in [0.05, 0.1) is 7.11 Å². The molecule has 0 atom stereocenters. The molecule has 0 bridgehead atoms. The molecule has 78 valence electrons. The van der Waals surface area contributed by atoms with Crippen LogP contribution in [0.25, 0.3) is 11.1 Å². The van der Waals surface area contributed by atoms with E-state index in [9.17, 15) is 9.59 Å². The summed E-state index contributed by atoms with van der Waals surface area (Å²) in [4.78, 5) is 24.1. The lowest BCUT2D eigenvalue weighted by atomic mass is 10.2. The SMILES string of the molecule is COc1ccc(C(=O)O)c2oc(=O)[nH]c12. The van der Waals surface area contributed by atoms with E-state index in [1.54, 1.807) is 0 Å². The topological polar surface area (TPSA) is 92.5 Å². The van der Waals surface area contributed by atoms with Gasteiger partial charge in [-0.2, -0.15) is 0 Å². The van der Waals surface area contributed by atoms with Gasteiger partial charge in [0.2, 0.25) is 0 Å². The number of rotatable bonds is 2. The first-order chi connectivity index (χ1) is 7.13. The van der Waals surface area contributed by atoms with Crippen LogP contribution in [0.15, 0.2) is 21.3 Å². The number of aromatic carboxylic acids is 1. The fourth-order valence-electron chi connectivity index (χ4n) is 1.35. The van der Waals surface area contributed by atoms with E-state index < -0.39 is 11.7 Å². The second kappa shape index (κ2) is 3.16. The first kappa shape index (κ1) is 9.32. The maximum atomic E-state index is 11.0. The third-order valence-electron chi connectivity index (χ3n) is 1.99. The highest BCUT2D eigenvalue weighted by molar-refractivity contribution is 6.01. The summed E-state index contributed by atoms with van der Waals surface area (Å²) in [6, 6.07) is 2.78. The number of hydrogen-bond donors (Lipinski definition) is 2. The fourth-order valence-corrected chi connectivity index (χ4v) is 1.35. The maximum Gasteiger partial charge on any atom is 0.417 e. The highest BCUT2D eigenvalue weighted by Crippen LogP contribution is 2.25. The minimum Gasteiger partial charge on any atom is -0.494 e. The summed E-state index contributed by atoms with van der Waals surface area (Å²) in [5.41, 5.74) is 0.165. The average Bonchev–Trinajstić information content (AvgIpc) is 2.56. The molecule has 2 N–H and O–H groups in total. The number of fused-ring (bicyclic) bond motifs is 1. The monoisotopic (exact) mass is 209 g/mol. The van der Waals surface area contributed by atoms with E-state index in [1.165, 1.54) is 19.2 Å². The van der Waals surface area contributed by atoms with Gasteiger partial charge in [-0.05, 0) is 12.1 Å². The number of oxazole rings is 1. The molecule has 0 aliphatic rings. The molecule has 0 spiro atoms. The van der Waals surface area contributed by atoms with E-state index in [-0.39, 0.29) is 16.7 Å². The van der Waals surface area contributed by atoms with Crippen LogP contribution in [0.1, 0.15) is 10.4 Å². The lowest BCUT2D eigenvalue weighted by Gasteiger charge is -2.01. The van der Waals surface area contributed by atoms with Gasteiger partial charge in [0.1, 0.15) is 16.8 Å². The Balaban J connectivity index is 2.88. The number of methoxy groups -OCH3 is 1. The minimum atomic E-state index is -1.16. The Morgan fingerprint density at radius 1 is 1.53 bits per heavy atom. The van der Waals surface area contributed by atoms with E-state index in [1.807, 2.05) is 0 Å². The van der Waals surface area contributed by atoms with Gasteiger partial charge in [0.15, 0.2) is 5.58 Å². The predicted molar refractivity (Wildman–Crippen MR) is 50.3 cm³/mol. The van der Waals surface area contributed by atoms with Crippen LogP contribution in [0.3, 0.4) is 0 Å². The highest BCUT2D eigenvalue weighted by atomic mass is 16.5. The predicted octanol–water partition coefficient (Wildman–Crippen LogP) is 0.828. The van der Waals surface area contributed by atoms with Crippen LogP contribution in [0.4, 0.5) is 0 Å². The molecule has 0 amide bonds. The molecule has 0 aliphatic heterocycles. The Kier molecular flexibility index (Phi) is 1.96. The molecule has 1 aromatic heterocycles. The molecule has 1 heterocycles. The molecule has 6 heteroatoms. The highest BCUT2D eigenvalue weighted by Gasteiger charge is 2.16. The van der Waals surface area contributed by atoms with Crippen molar-refractivity contribution in [3.63, 3.8) is 0 Å². The molecule has 0 saturated heterocycles. The van der Waals surface area contributed by atoms with Crippen LogP contribution in [-0.2, 0) is 0 Å². The van der Waals surface area contributed by atoms with Crippen molar-refractivity contribution in [3.05, 3.63) is 28.2 Å². The summed E-state index contributed by atoms with van der Waals surface area (Å²) in [5, 5.41) is 8.84. The van der Waals surface area contributed by atoms with Gasteiger partial charge in [0.25, 0.3) is 0 Å². The Hall–Kier alpha value is -2.24. The molecule has 6 nitrogen and oxygen atoms in total. The third kappa shape index (κ3) is 1.35. The number of carboxylic acids is 1. The van der Waals surface area contributed by atoms with Gasteiger partial charge < -0.3 is 14.3 Å². The van der Waals surface area contributed by atoms with Crippen molar-refractivity contribution in [3.8, 4) is 5.75 Å². The van der Waals surface area contributed by atoms with Crippen molar-refractivity contribution < 1.29 is 19.1 Å². The number of nitrogens with one attached hydrogen (secondary N) is 1. The number of benzene rings is 1. The van der Waals surface area contributed by atoms with Crippen LogP contribution in [0.5, 0.6) is 5.75 Å². The summed E-state index contributed by atoms with van der Waals surface area (Å²) >= 11 is 0. The molecule has 2 aromatic rings. The van der Waals surface area contributed by atoms with E-state index in [2.05, 4.69) is 4.98 Å². The first-order valence-electron chi connectivity index (χ1n) is 4.06. The zero-order valence-corrected chi connectivity index (χ0v) is 7.73. The summed E-state index contributed by atoms with van der Waals surface area (Å²) in [6.07, 6.45) is 0. The quantitative estimate of drug-likeness (QED) is 0.764. The molecule has 2 rings (SSSR count). The Labute approximate surface area is 83.1 Å². The second-order valence-electron chi connectivity index (χ2n) is 2.84. The zero-order chi connectivity index (χ0) is 11.0. The molecule has 0 unspecified atom stereocenters. The lowest BCUT2D eigenvalue weighted by Crippen LogP contribution is -1.97. The smallest absolute Gasteiger partial charge is 0.417 e. The number of aromatic amines is 1. The van der Waals surface area contributed by atoms with E-state index in [4.69, 9.17) is 14.3 Å². The van der Waals surface area contributed by atoms with Crippen LogP contribution >= 0.6 is 0 Å². The average molecular weight is 209 g/mol. The number of hydrogen-bond acceptors (Lipinski definition) is 4. The normalized spacial score (nSPS) is 10.5. The van der Waals surface area contributed by atoms with Crippen LogP contribution in [0, 0.1) is 0 Å². The van der Waals surface area contributed by atoms with Crippen molar-refractivity contribution in [1.82, 2.24) is 4.98 Å². The van der Waals surface area contributed by atoms with Crippen molar-refractivity contribution in [2.24, 2.45) is 0 Å². The molecular formula is C9H7NO5. The van der Waals surface area contributed by atoms with Crippen molar-refractivity contribution in [1.29, 1.82) is 0 Å². The largest absolute Gasteiger partial charge is 0.494 e. The molecular weight excluding hydrogens is 202 g/mol. The molecule has 0 fully saturated rings. The van der Waals surface area contributed by atoms with E-state index in [0.29, 0.717) is 5.75 Å². The zero-order valence-electron chi connectivity index (χ0n) is 7.73. The van der Waals surface area contributed by atoms with Crippen molar-refractivity contribution in [2.75, 3.05) is 7.11 Å². The number of ether oxygens (including phenoxy) is 1. The summed E-state index contributed by atoms with van der Waals surface area (Å²) in [7, 11) is 1.42. The van der Waals surface area contributed by atoms with Gasteiger partial charge in [0, 0.05) is 0 Å². The van der Waals surface area contributed by atoms with Crippen LogP contribution in [-0.4, -0.2) is 23.2 Å². The molecule has 0 saturated carbocycles. The Morgan fingerprint density at radius 3 is 2.87 bits per heavy atom. The Morgan fingerprint density at radius 2 is 2.27 bits per heavy atom. The number of H-pyrrole nitrogens is 1. The van der Waals surface area contributed by atoms with Crippen LogP contribution < -0.4 is 10.5 Å². The van der Waals surface area contributed by atoms with Crippen molar-refractivity contribution >= 4 is 17.1 Å². The molecule has 15 heavy (non-hydrogen) atoms. The van der Waals surface area contributed by atoms with Gasteiger partial charge in [-0.3, -0.25) is 4.98 Å². The van der Waals surface area contributed by atoms with E-state index in [0.717, 1.165) is 0 Å². The molecule has 1 aromatic carbocycles. The van der Waals surface area contributed by atoms with Crippen molar-refractivity contribution in [2.45, 2.75) is 0 Å². The minimum absolute atomic E-state index is 0.00755. The van der Waals surface area contributed by atoms with Gasteiger partial charge in [-0.15, -0.1) is 0 Å². The lowest BCUT2D eigenvalue weighted by molar-refractivity contribution is 0.0698. The summed E-state index contributed by atoms with van der Waals surface area (Å²) < 4.78 is 9.68. The fraction of sp³-hybridized carbons (Fsp3) is 0.111. The molecule has 0 radical (unpaired) electrons. The number of carboxylic acid groups (broad SMARTS) is 1. The Bertz CT molecular complexity index is 580. The second-order valence-corrected chi connectivity index (χ2v) is 2.84. The molecule has 0 aliphatic carbocycles. The summed E-state index contributed by atoms with van der Waals surface area (Å²) in [6.45, 7) is 0. The number of carbonyl (C=O) groups is 1. The maximum absolute atomic E-state index is 11.0. The van der Waals surface area contributed by atoms with E-state index >= 15 is 0 Å². The summed E-state index contributed by atoms with van der Waals surface area (Å²) in [5.74, 6) is -1.51.